The molecule has 0 N–H and O–H groups in total. The number of hydrogen-bond donors (Lipinski definition) is 0. The van der Waals surface area contributed by atoms with Crippen molar-refractivity contribution in [1.82, 2.24) is 0 Å². The third-order valence-corrected chi connectivity index (χ3v) is 12.4. The van der Waals surface area contributed by atoms with Gasteiger partial charge < -0.3 is 0 Å². The molecule has 0 aromatic carbocycles. The summed E-state index contributed by atoms with van der Waals surface area (Å²) in [6.07, 6.45) is 8.68. The maximum atomic E-state index is 4.70. The number of unbranched alkanes of at least 4 members (excludes halogenated alkanes) is 2. The van der Waals surface area contributed by atoms with E-state index in [2.05, 4.69) is 69.2 Å². The molecule has 0 spiro atoms. The third-order valence-electron chi connectivity index (χ3n) is 4.60. The average molecular weight is 480 g/mol. The molecule has 0 aliphatic carbocycles. The van der Waals surface area contributed by atoms with Crippen molar-refractivity contribution in [3.63, 3.8) is 0 Å². The molecule has 0 fully saturated rings. The van der Waals surface area contributed by atoms with Crippen LogP contribution in [0.2, 0.25) is 0 Å². The Morgan fingerprint density at radius 1 is 0.600 bits per heavy atom. The number of rotatable bonds is 10. The Labute approximate surface area is 178 Å². The van der Waals surface area contributed by atoms with Crippen LogP contribution in [-0.2, 0) is 12.7 Å². The molecule has 0 aliphatic heterocycles. The van der Waals surface area contributed by atoms with Gasteiger partial charge in [0.1, 0.15) is 0 Å². The summed E-state index contributed by atoms with van der Waals surface area (Å²) in [5, 5.41) is 0. The molecule has 0 heterocycles. The second-order valence-electron chi connectivity index (χ2n) is 8.02. The van der Waals surface area contributed by atoms with E-state index in [1.165, 1.54) is 38.0 Å². The molecule has 0 aliphatic rings. The monoisotopic (exact) mass is 478 g/mol. The standard InChI is InChI=1S/2C10H23P.2ClH.Ni/c2*1-6-7-8-11(9(2)3)10(4)5;;;/h2*9-10H,6-8H2,1-5H3;2*1H;/q;;;;+2. The van der Waals surface area contributed by atoms with Crippen molar-refractivity contribution in [2.24, 2.45) is 0 Å². The summed E-state index contributed by atoms with van der Waals surface area (Å²) >= 11 is 0.569. The third kappa shape index (κ3) is 22.1. The van der Waals surface area contributed by atoms with Gasteiger partial charge >= 0.3 is 33.0 Å². The molecule has 25 heavy (non-hydrogen) atoms. The van der Waals surface area contributed by atoms with Crippen molar-refractivity contribution in [1.29, 1.82) is 0 Å². The Balaban J connectivity index is -0.000000334. The van der Waals surface area contributed by atoms with Crippen molar-refractivity contribution in [2.75, 3.05) is 12.3 Å². The molecular formula is C20H48Cl2NiP2+2. The SMILES string of the molecule is CCCC[PH+](C(C)C)C(C)C.CCCC[PH+](C(C)C)C(C)C.[Cl][Ni][Cl]. The molecule has 0 aromatic heterocycles. The molecule has 0 saturated heterocycles. The van der Waals surface area contributed by atoms with E-state index in [0.717, 1.165) is 22.6 Å². The Morgan fingerprint density at radius 3 is 0.920 bits per heavy atom. The van der Waals surface area contributed by atoms with Crippen LogP contribution in [0.15, 0.2) is 0 Å². The Hall–Kier alpha value is 1.93. The molecule has 0 nitrogen and oxygen atoms in total. The van der Waals surface area contributed by atoms with Crippen LogP contribution in [0.4, 0.5) is 0 Å². The van der Waals surface area contributed by atoms with Crippen LogP contribution in [0.3, 0.4) is 0 Å². The second kappa shape index (κ2) is 22.2. The van der Waals surface area contributed by atoms with Crippen molar-refractivity contribution in [2.45, 2.75) is 118 Å². The average Bonchev–Trinajstić information content (AvgIpc) is 2.48. The zero-order valence-electron chi connectivity index (χ0n) is 18.6. The summed E-state index contributed by atoms with van der Waals surface area (Å²) in [6.45, 7) is 23.7. The molecule has 0 unspecified atom stereocenters. The van der Waals surface area contributed by atoms with Crippen LogP contribution in [0, 0.1) is 0 Å². The van der Waals surface area contributed by atoms with E-state index >= 15 is 0 Å². The molecule has 0 amide bonds. The van der Waals surface area contributed by atoms with Crippen molar-refractivity contribution in [3.05, 3.63) is 0 Å². The molecular weight excluding hydrogens is 432 g/mol. The molecule has 0 radical (unpaired) electrons. The van der Waals surface area contributed by atoms with Crippen LogP contribution in [0.25, 0.3) is 0 Å². The van der Waals surface area contributed by atoms with Gasteiger partial charge in [0.25, 0.3) is 0 Å². The zero-order valence-corrected chi connectivity index (χ0v) is 23.1. The first kappa shape index (κ1) is 31.6. The van der Waals surface area contributed by atoms with Crippen LogP contribution in [0.5, 0.6) is 0 Å². The van der Waals surface area contributed by atoms with Crippen molar-refractivity contribution >= 4 is 36.2 Å². The zero-order chi connectivity index (χ0) is 20.4. The molecule has 0 bridgehead atoms. The van der Waals surface area contributed by atoms with Gasteiger partial charge in [-0.25, -0.2) is 0 Å². The quantitative estimate of drug-likeness (QED) is 0.216. The first-order valence-corrected chi connectivity index (χ1v) is 16.6. The summed E-state index contributed by atoms with van der Waals surface area (Å²) in [6, 6.07) is 0. The molecule has 0 aromatic rings. The van der Waals surface area contributed by atoms with Gasteiger partial charge in [-0.2, -0.15) is 0 Å². The van der Waals surface area contributed by atoms with E-state index in [4.69, 9.17) is 20.4 Å². The molecule has 0 saturated carbocycles. The fraction of sp³-hybridized carbons (Fsp3) is 1.00. The van der Waals surface area contributed by atoms with E-state index < -0.39 is 0 Å². The van der Waals surface area contributed by atoms with Crippen LogP contribution >= 0.6 is 36.2 Å². The second-order valence-corrected chi connectivity index (χ2v) is 17.6. The van der Waals surface area contributed by atoms with Crippen molar-refractivity contribution < 1.29 is 12.7 Å². The van der Waals surface area contributed by atoms with Gasteiger partial charge in [0.05, 0.1) is 35.0 Å². The first-order valence-electron chi connectivity index (χ1n) is 10.1. The van der Waals surface area contributed by atoms with Gasteiger partial charge in [-0.3, -0.25) is 0 Å². The molecule has 0 atom stereocenters. The predicted octanol–water partition coefficient (Wildman–Crippen LogP) is 9.01. The van der Waals surface area contributed by atoms with Crippen LogP contribution in [0.1, 0.15) is 94.9 Å². The fourth-order valence-corrected chi connectivity index (χ4v) is 9.75. The summed E-state index contributed by atoms with van der Waals surface area (Å²) in [5.41, 5.74) is 3.86. The minimum absolute atomic E-state index is 0.0413. The van der Waals surface area contributed by atoms with E-state index in [9.17, 15) is 0 Å². The Kier molecular flexibility index (Phi) is 28.1. The topological polar surface area (TPSA) is 0 Å². The molecule has 0 rings (SSSR count). The number of hydrogen-bond acceptors (Lipinski definition) is 0. The summed E-state index contributed by atoms with van der Waals surface area (Å²) in [5.74, 6) is 0. The van der Waals surface area contributed by atoms with E-state index in [-0.39, 0.29) is 15.8 Å². The maximum absolute atomic E-state index is 4.70. The summed E-state index contributed by atoms with van der Waals surface area (Å²) in [7, 11) is 9.32. The van der Waals surface area contributed by atoms with E-state index in [0.29, 0.717) is 12.7 Å². The van der Waals surface area contributed by atoms with Gasteiger partial charge in [-0.1, -0.05) is 26.7 Å². The van der Waals surface area contributed by atoms with Gasteiger partial charge in [-0.05, 0) is 68.2 Å². The van der Waals surface area contributed by atoms with Gasteiger partial charge in [0, 0.05) is 15.8 Å². The van der Waals surface area contributed by atoms with Gasteiger partial charge in [0.2, 0.25) is 0 Å². The predicted molar refractivity (Wildman–Crippen MR) is 128 cm³/mol. The number of halogens is 2. The Bertz CT molecular complexity index is 210. The van der Waals surface area contributed by atoms with Gasteiger partial charge in [-0.15, -0.1) is 0 Å². The normalized spacial score (nSPS) is 11.4. The molecule has 160 valence electrons. The van der Waals surface area contributed by atoms with Crippen LogP contribution < -0.4 is 0 Å². The summed E-state index contributed by atoms with van der Waals surface area (Å²) in [4.78, 5) is 0. The van der Waals surface area contributed by atoms with E-state index in [1.54, 1.807) is 0 Å². The van der Waals surface area contributed by atoms with Crippen molar-refractivity contribution in [3.8, 4) is 0 Å². The molecule has 5 heteroatoms. The fourth-order valence-electron chi connectivity index (χ4n) is 3.25. The minimum atomic E-state index is -0.0413. The summed E-state index contributed by atoms with van der Waals surface area (Å²) < 4.78 is 0. The van der Waals surface area contributed by atoms with Crippen LogP contribution in [-0.4, -0.2) is 35.0 Å². The van der Waals surface area contributed by atoms with E-state index in [1.807, 2.05) is 0 Å². The Morgan fingerprint density at radius 2 is 0.800 bits per heavy atom. The van der Waals surface area contributed by atoms with Gasteiger partial charge in [0.15, 0.2) is 0 Å². The first-order chi connectivity index (χ1) is 11.6.